The smallest absolute Gasteiger partial charge is 0.103 e. The van der Waals surface area contributed by atoms with Gasteiger partial charge in [0, 0.05) is 54.1 Å². The first-order chi connectivity index (χ1) is 32.7. The van der Waals surface area contributed by atoms with Crippen molar-refractivity contribution >= 4 is 59.7 Å². The molecule has 0 amide bonds. The van der Waals surface area contributed by atoms with E-state index in [0.29, 0.717) is 0 Å². The van der Waals surface area contributed by atoms with Crippen molar-refractivity contribution in [2.24, 2.45) is 4.99 Å². The highest BCUT2D eigenvalue weighted by Crippen LogP contribution is 2.57. The molecule has 0 N–H and O–H groups in total. The van der Waals surface area contributed by atoms with E-state index in [1.54, 1.807) is 0 Å². The number of hydrogen-bond acceptors (Lipinski definition) is 4. The van der Waals surface area contributed by atoms with Crippen molar-refractivity contribution in [3.8, 4) is 33.4 Å². The molecule has 0 saturated carbocycles. The molecule has 2 heterocycles. The third-order valence-electron chi connectivity index (χ3n) is 13.7. The fourth-order valence-corrected chi connectivity index (χ4v) is 13.0. The molecule has 1 unspecified atom stereocenters. The Hall–Kier alpha value is -7.50. The Morgan fingerprint density at radius 1 is 0.455 bits per heavy atom. The summed E-state index contributed by atoms with van der Waals surface area (Å²) in [6.07, 6.45) is 5.44. The minimum Gasteiger partial charge on any atom is -0.314 e. The fraction of sp³-hybridized carbons (Fsp3) is 0.0484. The van der Waals surface area contributed by atoms with Crippen LogP contribution in [-0.4, -0.2) is 11.1 Å². The summed E-state index contributed by atoms with van der Waals surface area (Å²) in [6.45, 7) is 0. The van der Waals surface area contributed by atoms with E-state index in [-0.39, 0.29) is 6.04 Å². The maximum atomic E-state index is 5.44. The molecule has 0 fully saturated rings. The molecule has 9 aromatic carbocycles. The van der Waals surface area contributed by atoms with Crippen LogP contribution in [0.25, 0.3) is 53.6 Å². The highest BCUT2D eigenvalue weighted by Gasteiger charge is 2.46. The molecule has 10 aromatic rings. The summed E-state index contributed by atoms with van der Waals surface area (Å²) in [5.74, 6) is 0. The predicted molar refractivity (Wildman–Crippen MR) is 281 cm³/mol. The second-order valence-electron chi connectivity index (χ2n) is 17.3. The maximum Gasteiger partial charge on any atom is 0.103 e. The number of anilines is 2. The van der Waals surface area contributed by atoms with Gasteiger partial charge in [0.25, 0.3) is 0 Å². The second kappa shape index (κ2) is 15.9. The number of benzene rings is 9. The molecule has 0 bridgehead atoms. The van der Waals surface area contributed by atoms with E-state index in [4.69, 9.17) is 4.99 Å². The van der Waals surface area contributed by atoms with Gasteiger partial charge in [-0.25, -0.2) is 0 Å². The van der Waals surface area contributed by atoms with Crippen LogP contribution in [0.3, 0.4) is 0 Å². The molecule has 0 radical (unpaired) electrons. The van der Waals surface area contributed by atoms with Gasteiger partial charge in [0.05, 0.1) is 11.5 Å². The monoisotopic (exact) mass is 878 g/mol. The van der Waals surface area contributed by atoms with Gasteiger partial charge in [-0.1, -0.05) is 206 Å². The summed E-state index contributed by atoms with van der Waals surface area (Å²) in [5, 5.41) is 3.71. The Balaban J connectivity index is 0.938. The Kier molecular flexibility index (Phi) is 9.37. The van der Waals surface area contributed by atoms with E-state index in [0.717, 1.165) is 28.4 Å². The minimum atomic E-state index is -0.506. The van der Waals surface area contributed by atoms with Crippen LogP contribution >= 0.6 is 23.1 Å². The molecule has 66 heavy (non-hydrogen) atoms. The van der Waals surface area contributed by atoms with Crippen molar-refractivity contribution in [1.29, 1.82) is 0 Å². The van der Waals surface area contributed by atoms with Crippen molar-refractivity contribution in [2.45, 2.75) is 17.9 Å². The van der Waals surface area contributed by atoms with E-state index in [1.165, 1.54) is 86.4 Å². The molecule has 1 atom stereocenters. The number of rotatable bonds is 8. The summed E-state index contributed by atoms with van der Waals surface area (Å²) in [7, 11) is 0. The molecule has 1 aromatic heterocycles. The zero-order valence-electron chi connectivity index (χ0n) is 36.0. The average Bonchev–Trinajstić information content (AvgIpc) is 4.08. The van der Waals surface area contributed by atoms with Crippen molar-refractivity contribution in [1.82, 2.24) is 0 Å². The van der Waals surface area contributed by atoms with Gasteiger partial charge >= 0.3 is 0 Å². The number of thiophene rings is 1. The van der Waals surface area contributed by atoms with Crippen LogP contribution in [0.5, 0.6) is 0 Å². The van der Waals surface area contributed by atoms with Crippen LogP contribution in [0.2, 0.25) is 0 Å². The Labute approximate surface area is 393 Å². The van der Waals surface area contributed by atoms with Gasteiger partial charge in [-0.3, -0.25) is 4.99 Å². The second-order valence-corrected chi connectivity index (χ2v) is 19.5. The molecule has 3 aliphatic rings. The SMILES string of the molecule is C1=C2SC(c3ccc(-c4ccccc4)cc3)=NC2CC(N(c2ccc(-c3cccc4c3sc3ccccc34)cc2)c2ccc3c(c2)C(c2ccccc2)(c2ccccc2)c2ccccc2-3)=C1. The maximum absolute atomic E-state index is 5.44. The molecule has 1 aliphatic heterocycles. The number of aliphatic imine (C=N–C) groups is 1. The summed E-state index contributed by atoms with van der Waals surface area (Å²) >= 11 is 3.69. The highest BCUT2D eigenvalue weighted by atomic mass is 32.2. The third-order valence-corrected chi connectivity index (χ3v) is 16.1. The van der Waals surface area contributed by atoms with Crippen molar-refractivity contribution in [3.63, 3.8) is 0 Å². The van der Waals surface area contributed by atoms with Gasteiger partial charge < -0.3 is 4.90 Å². The van der Waals surface area contributed by atoms with Gasteiger partial charge in [0.15, 0.2) is 0 Å². The van der Waals surface area contributed by atoms with Gasteiger partial charge in [0.1, 0.15) is 5.04 Å². The van der Waals surface area contributed by atoms with Gasteiger partial charge in [-0.15, -0.1) is 11.3 Å². The van der Waals surface area contributed by atoms with Gasteiger partial charge in [-0.2, -0.15) is 0 Å². The zero-order chi connectivity index (χ0) is 43.6. The average molecular weight is 879 g/mol. The molecular weight excluding hydrogens is 837 g/mol. The largest absolute Gasteiger partial charge is 0.314 e. The highest BCUT2D eigenvalue weighted by molar-refractivity contribution is 8.18. The molecule has 4 heteroatoms. The molecule has 2 aliphatic carbocycles. The fourth-order valence-electron chi connectivity index (χ4n) is 10.7. The molecule has 2 nitrogen and oxygen atoms in total. The lowest BCUT2D eigenvalue weighted by molar-refractivity contribution is 0.764. The number of allylic oxidation sites excluding steroid dienone is 2. The predicted octanol–water partition coefficient (Wildman–Crippen LogP) is 16.6. The summed E-state index contributed by atoms with van der Waals surface area (Å²) in [4.78, 5) is 9.23. The molecular formula is C62H42N2S2. The Morgan fingerprint density at radius 2 is 1.05 bits per heavy atom. The number of thioether (sulfide) groups is 1. The third kappa shape index (κ3) is 6.28. The van der Waals surface area contributed by atoms with E-state index in [1.807, 2.05) is 23.1 Å². The minimum absolute atomic E-state index is 0.0394. The summed E-state index contributed by atoms with van der Waals surface area (Å²) in [5.41, 5.74) is 16.7. The van der Waals surface area contributed by atoms with Crippen LogP contribution in [0.4, 0.5) is 11.4 Å². The number of fused-ring (bicyclic) bond motifs is 7. The molecule has 0 saturated heterocycles. The summed E-state index contributed by atoms with van der Waals surface area (Å²) in [6, 6.07) is 82.6. The quantitative estimate of drug-likeness (QED) is 0.151. The van der Waals surface area contributed by atoms with E-state index >= 15 is 0 Å². The van der Waals surface area contributed by atoms with E-state index < -0.39 is 5.41 Å². The molecule has 312 valence electrons. The van der Waals surface area contributed by atoms with Crippen LogP contribution in [-0.2, 0) is 5.41 Å². The van der Waals surface area contributed by atoms with Crippen LogP contribution in [0.15, 0.2) is 252 Å². The molecule has 13 rings (SSSR count). The lowest BCUT2D eigenvalue weighted by Crippen LogP contribution is -2.29. The van der Waals surface area contributed by atoms with Crippen LogP contribution < -0.4 is 4.90 Å². The first-order valence-electron chi connectivity index (χ1n) is 22.7. The van der Waals surface area contributed by atoms with E-state index in [2.05, 4.69) is 242 Å². The van der Waals surface area contributed by atoms with E-state index in [9.17, 15) is 0 Å². The zero-order valence-corrected chi connectivity index (χ0v) is 37.6. The normalized spacial score (nSPS) is 15.7. The van der Waals surface area contributed by atoms with Gasteiger partial charge in [-0.05, 0) is 98.1 Å². The number of hydrogen-bond donors (Lipinski definition) is 0. The van der Waals surface area contributed by atoms with Gasteiger partial charge in [0.2, 0.25) is 0 Å². The van der Waals surface area contributed by atoms with Crippen LogP contribution in [0, 0.1) is 0 Å². The van der Waals surface area contributed by atoms with Crippen LogP contribution in [0.1, 0.15) is 34.2 Å². The number of nitrogens with zero attached hydrogens (tertiary/aromatic N) is 2. The first-order valence-corrected chi connectivity index (χ1v) is 24.3. The Morgan fingerprint density at radius 3 is 1.82 bits per heavy atom. The lowest BCUT2D eigenvalue weighted by atomic mass is 9.67. The molecule has 0 spiro atoms. The van der Waals surface area contributed by atoms with Crippen molar-refractivity contribution in [2.75, 3.05) is 4.90 Å². The van der Waals surface area contributed by atoms with Crippen molar-refractivity contribution in [3.05, 3.63) is 275 Å². The standard InChI is InChI=1S/C62H42N2S2/c1-4-15-41(16-5-1)42-27-29-44(30-28-42)61-63-57-40-49(36-38-59(57)66-61)64(47-33-31-43(32-34-47)50-23-14-24-54-53-22-11-13-26-58(53)65-60(50)54)48-35-37-52-51-21-10-12-25-55(51)62(56(52)39-48,45-17-6-2-7-18-45)46-19-8-3-9-20-46/h1-39,57H,40H2. The topological polar surface area (TPSA) is 15.6 Å². The summed E-state index contributed by atoms with van der Waals surface area (Å²) < 4.78 is 2.65. The first kappa shape index (κ1) is 38.9. The Bertz CT molecular complexity index is 3530. The van der Waals surface area contributed by atoms with Crippen molar-refractivity contribution < 1.29 is 0 Å². The lowest BCUT2D eigenvalue weighted by Gasteiger charge is -2.35.